The molecule has 3 aromatic rings. The molecular weight excluding hydrogens is 380 g/mol. The van der Waals surface area contributed by atoms with Crippen LogP contribution >= 0.6 is 0 Å². The molecular formula is C23H28N4O3. The van der Waals surface area contributed by atoms with E-state index in [0.29, 0.717) is 31.4 Å². The molecule has 158 valence electrons. The van der Waals surface area contributed by atoms with Crippen LogP contribution in [0.4, 0.5) is 0 Å². The zero-order valence-corrected chi connectivity index (χ0v) is 17.6. The number of aliphatic carboxylic acids is 1. The molecule has 0 fully saturated rings. The van der Waals surface area contributed by atoms with Gasteiger partial charge in [0, 0.05) is 25.7 Å². The highest BCUT2D eigenvalue weighted by atomic mass is 16.5. The fourth-order valence-corrected chi connectivity index (χ4v) is 3.16. The summed E-state index contributed by atoms with van der Waals surface area (Å²) in [6.45, 7) is 7.14. The Morgan fingerprint density at radius 2 is 2.07 bits per heavy atom. The summed E-state index contributed by atoms with van der Waals surface area (Å²) in [5, 5.41) is 19.9. The summed E-state index contributed by atoms with van der Waals surface area (Å²) in [4.78, 5) is 10.8. The summed E-state index contributed by atoms with van der Waals surface area (Å²) in [6.07, 6.45) is 2.57. The summed E-state index contributed by atoms with van der Waals surface area (Å²) in [5.74, 6) is -0.0649. The van der Waals surface area contributed by atoms with E-state index in [0.717, 1.165) is 34.4 Å². The number of carbonyl (C=O) groups is 1. The Kier molecular flexibility index (Phi) is 6.72. The molecule has 0 aliphatic carbocycles. The van der Waals surface area contributed by atoms with Crippen molar-refractivity contribution in [2.24, 2.45) is 0 Å². The van der Waals surface area contributed by atoms with Gasteiger partial charge in [-0.1, -0.05) is 41.6 Å². The van der Waals surface area contributed by atoms with Crippen molar-refractivity contribution >= 4 is 5.97 Å². The van der Waals surface area contributed by atoms with Crippen LogP contribution < -0.4 is 10.1 Å². The summed E-state index contributed by atoms with van der Waals surface area (Å²) in [5.41, 5.74) is 4.84. The third-order valence-electron chi connectivity index (χ3n) is 4.97. The van der Waals surface area contributed by atoms with Crippen molar-refractivity contribution in [3.63, 3.8) is 0 Å². The van der Waals surface area contributed by atoms with Crippen LogP contribution in [0.3, 0.4) is 0 Å². The standard InChI is InChI=1S/C23H28N4O3/c1-16-8-4-5-9-20(16)21-10-6-11-22(17(21)2)30-13-7-12-27-15-19(25-26-27)14-24-18(3)23(28)29/h4-6,8-11,15,18,24H,7,12-14H2,1-3H3,(H,28,29)/i8D. The molecule has 0 radical (unpaired) electrons. The van der Waals surface area contributed by atoms with E-state index in [9.17, 15) is 4.79 Å². The number of nitrogens with one attached hydrogen (secondary N) is 1. The number of nitrogens with zero attached hydrogens (tertiary/aromatic N) is 3. The van der Waals surface area contributed by atoms with Crippen molar-refractivity contribution in [3.8, 4) is 16.9 Å². The lowest BCUT2D eigenvalue weighted by Gasteiger charge is -2.14. The van der Waals surface area contributed by atoms with E-state index in [1.807, 2.05) is 44.3 Å². The molecule has 7 nitrogen and oxygen atoms in total. The van der Waals surface area contributed by atoms with Crippen molar-refractivity contribution in [2.45, 2.75) is 46.3 Å². The first-order chi connectivity index (χ1) is 14.9. The maximum Gasteiger partial charge on any atom is 0.320 e. The minimum absolute atomic E-state index is 0.356. The number of ether oxygens (including phenoxy) is 1. The van der Waals surface area contributed by atoms with Crippen molar-refractivity contribution in [1.82, 2.24) is 20.3 Å². The molecule has 2 N–H and O–H groups in total. The topological polar surface area (TPSA) is 89.3 Å². The van der Waals surface area contributed by atoms with Crippen LogP contribution in [0.25, 0.3) is 11.1 Å². The summed E-state index contributed by atoms with van der Waals surface area (Å²) >= 11 is 0. The second kappa shape index (κ2) is 10.0. The lowest BCUT2D eigenvalue weighted by atomic mass is 9.96. The number of carboxylic acid groups (broad SMARTS) is 1. The Bertz CT molecular complexity index is 1050. The van der Waals surface area contributed by atoms with Crippen molar-refractivity contribution < 1.29 is 16.0 Å². The zero-order chi connectivity index (χ0) is 22.4. The van der Waals surface area contributed by atoms with E-state index in [2.05, 4.69) is 21.7 Å². The SMILES string of the molecule is [2H]c1cccc(-c2cccc(OCCCn3cc(CNC(C)C(=O)O)nn3)c2C)c1C. The Morgan fingerprint density at radius 3 is 2.87 bits per heavy atom. The molecule has 1 atom stereocenters. The predicted octanol–water partition coefficient (Wildman–Crippen LogP) is 3.59. The van der Waals surface area contributed by atoms with Gasteiger partial charge in [0.05, 0.1) is 13.7 Å². The first kappa shape index (κ1) is 20.1. The number of rotatable bonds is 10. The average molecular weight is 410 g/mol. The van der Waals surface area contributed by atoms with E-state index in [1.165, 1.54) is 0 Å². The van der Waals surface area contributed by atoms with E-state index in [4.69, 9.17) is 11.2 Å². The van der Waals surface area contributed by atoms with Crippen LogP contribution in [0.15, 0.2) is 48.6 Å². The summed E-state index contributed by atoms with van der Waals surface area (Å²) in [7, 11) is 0. The zero-order valence-electron chi connectivity index (χ0n) is 18.6. The smallest absolute Gasteiger partial charge is 0.320 e. The first-order valence-electron chi connectivity index (χ1n) is 10.5. The van der Waals surface area contributed by atoms with Gasteiger partial charge in [-0.15, -0.1) is 5.10 Å². The molecule has 30 heavy (non-hydrogen) atoms. The molecule has 0 aliphatic rings. The van der Waals surface area contributed by atoms with Gasteiger partial charge in [0.2, 0.25) is 0 Å². The molecule has 7 heteroatoms. The Hall–Kier alpha value is -3.19. The second-order valence-corrected chi connectivity index (χ2v) is 7.25. The van der Waals surface area contributed by atoms with Crippen molar-refractivity contribution in [3.05, 3.63) is 65.5 Å². The molecule has 1 unspecified atom stereocenters. The monoisotopic (exact) mass is 409 g/mol. The van der Waals surface area contributed by atoms with Crippen LogP contribution in [0.5, 0.6) is 5.75 Å². The van der Waals surface area contributed by atoms with Gasteiger partial charge in [0.1, 0.15) is 11.8 Å². The number of hydrogen-bond donors (Lipinski definition) is 2. The van der Waals surface area contributed by atoms with Crippen LogP contribution in [0.2, 0.25) is 0 Å². The third-order valence-corrected chi connectivity index (χ3v) is 4.97. The van der Waals surface area contributed by atoms with E-state index < -0.39 is 12.0 Å². The fraction of sp³-hybridized carbons (Fsp3) is 0.348. The van der Waals surface area contributed by atoms with Gasteiger partial charge >= 0.3 is 5.97 Å². The Labute approximate surface area is 178 Å². The van der Waals surface area contributed by atoms with Gasteiger partial charge in [-0.25, -0.2) is 0 Å². The number of hydrogen-bond acceptors (Lipinski definition) is 5. The molecule has 1 heterocycles. The predicted molar refractivity (Wildman–Crippen MR) is 115 cm³/mol. The third kappa shape index (κ3) is 5.45. The van der Waals surface area contributed by atoms with Gasteiger partial charge in [0.15, 0.2) is 0 Å². The first-order valence-corrected chi connectivity index (χ1v) is 10.0. The van der Waals surface area contributed by atoms with Gasteiger partial charge in [-0.3, -0.25) is 14.8 Å². The van der Waals surface area contributed by atoms with Gasteiger partial charge in [-0.05, 0) is 49.1 Å². The highest BCUT2D eigenvalue weighted by molar-refractivity contribution is 5.73. The number of aromatic nitrogens is 3. The molecule has 0 aliphatic heterocycles. The number of carboxylic acids is 1. The van der Waals surface area contributed by atoms with E-state index in [1.54, 1.807) is 17.7 Å². The lowest BCUT2D eigenvalue weighted by Crippen LogP contribution is -2.33. The fourth-order valence-electron chi connectivity index (χ4n) is 3.16. The van der Waals surface area contributed by atoms with Gasteiger partial charge < -0.3 is 9.84 Å². The molecule has 0 saturated heterocycles. The van der Waals surface area contributed by atoms with E-state index >= 15 is 0 Å². The molecule has 0 amide bonds. The van der Waals surface area contributed by atoms with E-state index in [-0.39, 0.29) is 0 Å². The summed E-state index contributed by atoms with van der Waals surface area (Å²) < 4.78 is 15.8. The van der Waals surface area contributed by atoms with Crippen LogP contribution in [0, 0.1) is 13.8 Å². The maximum atomic E-state index is 10.8. The average Bonchev–Trinajstić information content (AvgIpc) is 3.20. The van der Waals surface area contributed by atoms with Gasteiger partial charge in [0.25, 0.3) is 0 Å². The normalized spacial score (nSPS) is 12.4. The van der Waals surface area contributed by atoms with Gasteiger partial charge in [-0.2, -0.15) is 0 Å². The summed E-state index contributed by atoms with van der Waals surface area (Å²) in [6, 6.07) is 11.6. The second-order valence-electron chi connectivity index (χ2n) is 7.25. The van der Waals surface area contributed by atoms with Crippen LogP contribution in [-0.4, -0.2) is 38.7 Å². The van der Waals surface area contributed by atoms with Crippen LogP contribution in [0.1, 0.15) is 31.5 Å². The quantitative estimate of drug-likeness (QED) is 0.498. The largest absolute Gasteiger partial charge is 0.493 e. The maximum absolute atomic E-state index is 10.8. The molecule has 0 spiro atoms. The van der Waals surface area contributed by atoms with Crippen molar-refractivity contribution in [2.75, 3.05) is 6.61 Å². The molecule has 3 rings (SSSR count). The molecule has 1 aromatic heterocycles. The lowest BCUT2D eigenvalue weighted by molar-refractivity contribution is -0.139. The minimum Gasteiger partial charge on any atom is -0.493 e. The molecule has 0 bridgehead atoms. The Morgan fingerprint density at radius 1 is 1.27 bits per heavy atom. The number of aryl methyl sites for hydroxylation is 1. The highest BCUT2D eigenvalue weighted by Crippen LogP contribution is 2.31. The molecule has 2 aromatic carbocycles. The Balaban J connectivity index is 1.54. The van der Waals surface area contributed by atoms with Crippen molar-refractivity contribution in [1.29, 1.82) is 0 Å². The molecule has 0 saturated carbocycles. The minimum atomic E-state index is -0.897. The highest BCUT2D eigenvalue weighted by Gasteiger charge is 2.11. The number of benzene rings is 2. The van der Waals surface area contributed by atoms with Crippen LogP contribution in [-0.2, 0) is 17.9 Å².